The fourth-order valence-corrected chi connectivity index (χ4v) is 2.76. The largest absolute Gasteiger partial charge is 0.493 e. The Morgan fingerprint density at radius 2 is 1.73 bits per heavy atom. The summed E-state index contributed by atoms with van der Waals surface area (Å²) in [5.74, 6) is 0.496. The van der Waals surface area contributed by atoms with Gasteiger partial charge in [0.15, 0.2) is 0 Å². The molecule has 0 spiro atoms. The summed E-state index contributed by atoms with van der Waals surface area (Å²) in [4.78, 5) is 30.2. The van der Waals surface area contributed by atoms with E-state index in [0.717, 1.165) is 17.7 Å². The quantitative estimate of drug-likeness (QED) is 0.462. The number of hydrogen-bond acceptors (Lipinski definition) is 4. The SMILES string of the molecule is CCONC(=O)/C(=C/c1ccc(CC)cc1)NC(=O)c1ccc(OCC2CC2)cc1. The van der Waals surface area contributed by atoms with Crippen LogP contribution in [0.3, 0.4) is 0 Å². The molecule has 0 atom stereocenters. The first kappa shape index (κ1) is 21.6. The highest BCUT2D eigenvalue weighted by molar-refractivity contribution is 6.05. The van der Waals surface area contributed by atoms with Gasteiger partial charge in [0.05, 0.1) is 13.2 Å². The molecule has 2 amide bonds. The third-order valence-corrected chi connectivity index (χ3v) is 4.80. The van der Waals surface area contributed by atoms with E-state index >= 15 is 0 Å². The molecule has 1 fully saturated rings. The van der Waals surface area contributed by atoms with Crippen molar-refractivity contribution in [2.24, 2.45) is 5.92 Å². The average molecular weight is 408 g/mol. The van der Waals surface area contributed by atoms with Gasteiger partial charge in [0, 0.05) is 5.56 Å². The van der Waals surface area contributed by atoms with E-state index in [0.29, 0.717) is 24.7 Å². The first-order valence-corrected chi connectivity index (χ1v) is 10.4. The summed E-state index contributed by atoms with van der Waals surface area (Å²) in [5.41, 5.74) is 4.87. The minimum absolute atomic E-state index is 0.103. The van der Waals surface area contributed by atoms with Crippen molar-refractivity contribution in [2.75, 3.05) is 13.2 Å². The van der Waals surface area contributed by atoms with Crippen LogP contribution in [-0.2, 0) is 16.1 Å². The first-order valence-electron chi connectivity index (χ1n) is 10.4. The van der Waals surface area contributed by atoms with Crippen molar-refractivity contribution in [1.29, 1.82) is 0 Å². The van der Waals surface area contributed by atoms with Crippen LogP contribution in [0.15, 0.2) is 54.2 Å². The van der Waals surface area contributed by atoms with Gasteiger partial charge in [-0.25, -0.2) is 5.48 Å². The van der Waals surface area contributed by atoms with Crippen molar-refractivity contribution >= 4 is 17.9 Å². The lowest BCUT2D eigenvalue weighted by Gasteiger charge is -2.11. The summed E-state index contributed by atoms with van der Waals surface area (Å²) in [7, 11) is 0. The molecule has 2 aromatic carbocycles. The normalized spacial score (nSPS) is 13.6. The van der Waals surface area contributed by atoms with Gasteiger partial charge in [0.25, 0.3) is 11.8 Å². The molecule has 6 heteroatoms. The Hall–Kier alpha value is -3.12. The van der Waals surface area contributed by atoms with Crippen LogP contribution < -0.4 is 15.5 Å². The molecule has 0 aliphatic heterocycles. The summed E-state index contributed by atoms with van der Waals surface area (Å²) < 4.78 is 5.70. The second kappa shape index (κ2) is 10.6. The Morgan fingerprint density at radius 3 is 2.33 bits per heavy atom. The maximum Gasteiger partial charge on any atom is 0.291 e. The molecule has 1 saturated carbocycles. The van der Waals surface area contributed by atoms with Gasteiger partial charge in [0.2, 0.25) is 0 Å². The minimum Gasteiger partial charge on any atom is -0.493 e. The lowest BCUT2D eigenvalue weighted by molar-refractivity contribution is -0.129. The maximum atomic E-state index is 12.7. The zero-order chi connectivity index (χ0) is 21.3. The highest BCUT2D eigenvalue weighted by Crippen LogP contribution is 2.29. The monoisotopic (exact) mass is 408 g/mol. The van der Waals surface area contributed by atoms with E-state index in [1.54, 1.807) is 37.3 Å². The Labute approximate surface area is 177 Å². The van der Waals surface area contributed by atoms with Gasteiger partial charge in [-0.1, -0.05) is 31.2 Å². The Kier molecular flexibility index (Phi) is 7.63. The highest BCUT2D eigenvalue weighted by atomic mass is 16.6. The predicted molar refractivity (Wildman–Crippen MR) is 116 cm³/mol. The van der Waals surface area contributed by atoms with Crippen LogP contribution in [0.25, 0.3) is 6.08 Å². The topological polar surface area (TPSA) is 76.7 Å². The molecule has 0 saturated heterocycles. The Balaban J connectivity index is 1.71. The molecule has 0 aromatic heterocycles. The van der Waals surface area contributed by atoms with Crippen molar-refractivity contribution in [2.45, 2.75) is 33.1 Å². The molecular formula is C24H28N2O4. The third kappa shape index (κ3) is 6.46. The molecular weight excluding hydrogens is 380 g/mol. The number of amides is 2. The van der Waals surface area contributed by atoms with Crippen LogP contribution in [0.1, 0.15) is 48.2 Å². The number of nitrogens with one attached hydrogen (secondary N) is 2. The minimum atomic E-state index is -0.519. The number of ether oxygens (including phenoxy) is 1. The van der Waals surface area contributed by atoms with Crippen molar-refractivity contribution in [3.63, 3.8) is 0 Å². The van der Waals surface area contributed by atoms with Gasteiger partial charge in [0.1, 0.15) is 11.4 Å². The van der Waals surface area contributed by atoms with E-state index in [2.05, 4.69) is 17.7 Å². The molecule has 2 N–H and O–H groups in total. The average Bonchev–Trinajstić information content (AvgIpc) is 3.61. The van der Waals surface area contributed by atoms with E-state index < -0.39 is 5.91 Å². The zero-order valence-electron chi connectivity index (χ0n) is 17.4. The van der Waals surface area contributed by atoms with Crippen molar-refractivity contribution < 1.29 is 19.2 Å². The van der Waals surface area contributed by atoms with Crippen LogP contribution in [0.5, 0.6) is 5.75 Å². The number of aryl methyl sites for hydroxylation is 1. The molecule has 6 nitrogen and oxygen atoms in total. The van der Waals surface area contributed by atoms with Crippen LogP contribution in [0.2, 0.25) is 0 Å². The first-order chi connectivity index (χ1) is 14.6. The molecule has 1 aliphatic carbocycles. The number of carbonyl (C=O) groups excluding carboxylic acids is 2. The molecule has 0 unspecified atom stereocenters. The van der Waals surface area contributed by atoms with Gasteiger partial charge in [-0.15, -0.1) is 0 Å². The van der Waals surface area contributed by atoms with Gasteiger partial charge in [-0.05, 0) is 73.6 Å². The smallest absolute Gasteiger partial charge is 0.291 e. The van der Waals surface area contributed by atoms with Crippen LogP contribution in [0, 0.1) is 5.92 Å². The van der Waals surface area contributed by atoms with Crippen LogP contribution in [0.4, 0.5) is 0 Å². The highest BCUT2D eigenvalue weighted by Gasteiger charge is 2.22. The third-order valence-electron chi connectivity index (χ3n) is 4.80. The second-order valence-corrected chi connectivity index (χ2v) is 7.25. The summed E-state index contributed by atoms with van der Waals surface area (Å²) in [6.07, 6.45) is 5.00. The standard InChI is InChI=1S/C24H28N2O4/c1-3-17-5-7-18(8-6-17)15-22(24(28)26-30-4-2)25-23(27)20-11-13-21(14-12-20)29-16-19-9-10-19/h5-8,11-15,19H,3-4,9-10,16H2,1-2H3,(H,25,27)(H,26,28)/b22-15-. The number of hydroxylamine groups is 1. The molecule has 2 aromatic rings. The fourth-order valence-electron chi connectivity index (χ4n) is 2.76. The van der Waals surface area contributed by atoms with E-state index in [1.165, 1.54) is 18.4 Å². The fraction of sp³-hybridized carbons (Fsp3) is 0.333. The summed E-state index contributed by atoms with van der Waals surface area (Å²) in [6, 6.07) is 14.7. The van der Waals surface area contributed by atoms with Gasteiger partial charge in [-0.2, -0.15) is 0 Å². The van der Waals surface area contributed by atoms with E-state index in [1.807, 2.05) is 24.3 Å². The van der Waals surface area contributed by atoms with E-state index in [9.17, 15) is 9.59 Å². The summed E-state index contributed by atoms with van der Waals surface area (Å²) >= 11 is 0. The van der Waals surface area contributed by atoms with Gasteiger partial charge < -0.3 is 10.1 Å². The zero-order valence-corrected chi connectivity index (χ0v) is 17.4. The van der Waals surface area contributed by atoms with E-state index in [-0.39, 0.29) is 11.6 Å². The predicted octanol–water partition coefficient (Wildman–Crippen LogP) is 3.88. The second-order valence-electron chi connectivity index (χ2n) is 7.25. The van der Waals surface area contributed by atoms with E-state index in [4.69, 9.17) is 9.57 Å². The van der Waals surface area contributed by atoms with Crippen molar-refractivity contribution in [3.8, 4) is 5.75 Å². The van der Waals surface area contributed by atoms with Crippen molar-refractivity contribution in [3.05, 3.63) is 70.9 Å². The number of carbonyl (C=O) groups is 2. The lowest BCUT2D eigenvalue weighted by atomic mass is 10.1. The molecule has 0 heterocycles. The number of rotatable bonds is 10. The molecule has 30 heavy (non-hydrogen) atoms. The lowest BCUT2D eigenvalue weighted by Crippen LogP contribution is -2.34. The Bertz CT molecular complexity index is 884. The molecule has 158 valence electrons. The van der Waals surface area contributed by atoms with Crippen LogP contribution >= 0.6 is 0 Å². The van der Waals surface area contributed by atoms with Gasteiger partial charge >= 0.3 is 0 Å². The Morgan fingerprint density at radius 1 is 1.03 bits per heavy atom. The summed E-state index contributed by atoms with van der Waals surface area (Å²) in [6.45, 7) is 4.88. The number of hydrogen-bond donors (Lipinski definition) is 2. The van der Waals surface area contributed by atoms with Gasteiger partial charge in [-0.3, -0.25) is 14.4 Å². The number of benzene rings is 2. The molecule has 0 bridgehead atoms. The molecule has 1 aliphatic rings. The summed E-state index contributed by atoms with van der Waals surface area (Å²) in [5, 5.41) is 2.69. The molecule has 3 rings (SSSR count). The maximum absolute atomic E-state index is 12.7. The van der Waals surface area contributed by atoms with Crippen LogP contribution in [-0.4, -0.2) is 25.0 Å². The molecule has 0 radical (unpaired) electrons. The van der Waals surface area contributed by atoms with Crippen molar-refractivity contribution in [1.82, 2.24) is 10.8 Å².